The molecule has 2 nitrogen and oxygen atoms in total. The summed E-state index contributed by atoms with van der Waals surface area (Å²) in [6.45, 7) is 0. The summed E-state index contributed by atoms with van der Waals surface area (Å²) in [5, 5.41) is 4.95. The number of benzene rings is 2. The van der Waals surface area contributed by atoms with E-state index in [1.54, 1.807) is 24.9 Å². The Morgan fingerprint density at radius 1 is 0.864 bits per heavy atom. The van der Waals surface area contributed by atoms with E-state index in [1.807, 2.05) is 6.07 Å². The van der Waals surface area contributed by atoms with Crippen molar-refractivity contribution in [2.45, 2.75) is 6.42 Å². The van der Waals surface area contributed by atoms with E-state index in [0.29, 0.717) is 0 Å². The second-order valence-electron chi connectivity index (χ2n) is 5.35. The molecule has 4 aromatic rings. The maximum atomic E-state index is 4.92. The number of hydrogen-bond donors (Lipinski definition) is 0. The molecule has 1 aliphatic carbocycles. The normalized spacial score (nSPS) is 12.2. The van der Waals surface area contributed by atoms with Gasteiger partial charge in [0.05, 0.1) is 12.5 Å². The van der Waals surface area contributed by atoms with Crippen molar-refractivity contribution < 1.29 is 4.42 Å². The molecule has 0 spiro atoms. The molecular weight excluding hydrogens is 270 g/mol. The van der Waals surface area contributed by atoms with E-state index in [-0.39, 0.29) is 0 Å². The zero-order valence-corrected chi connectivity index (χ0v) is 12.1. The van der Waals surface area contributed by atoms with Gasteiger partial charge in [0.1, 0.15) is 0 Å². The van der Waals surface area contributed by atoms with Crippen LogP contribution in [0.2, 0.25) is 0 Å². The van der Waals surface area contributed by atoms with Gasteiger partial charge in [0, 0.05) is 23.2 Å². The van der Waals surface area contributed by atoms with Crippen LogP contribution < -0.4 is 0 Å². The number of pyridine rings is 1. The fraction of sp³-hybridized carbons (Fsp3) is 0.0500. The summed E-state index contributed by atoms with van der Waals surface area (Å²) in [4.78, 5) is 3.93. The quantitative estimate of drug-likeness (QED) is 0.442. The third-order valence-electron chi connectivity index (χ3n) is 3.94. The second kappa shape index (κ2) is 5.49. The van der Waals surface area contributed by atoms with Crippen molar-refractivity contribution in [2.75, 3.05) is 0 Å². The van der Waals surface area contributed by atoms with Crippen LogP contribution in [0.3, 0.4) is 0 Å². The first kappa shape index (κ1) is 12.8. The predicted octanol–water partition coefficient (Wildman–Crippen LogP) is 5.24. The molecule has 0 aliphatic heterocycles. The molecule has 0 saturated carbocycles. The van der Waals surface area contributed by atoms with E-state index in [2.05, 4.69) is 53.5 Å². The molecule has 1 aliphatic rings. The van der Waals surface area contributed by atoms with E-state index in [1.165, 1.54) is 21.9 Å². The molecule has 0 unspecified atom stereocenters. The van der Waals surface area contributed by atoms with Crippen molar-refractivity contribution in [3.63, 3.8) is 0 Å². The fourth-order valence-corrected chi connectivity index (χ4v) is 2.88. The van der Waals surface area contributed by atoms with Crippen molar-refractivity contribution in [3.8, 4) is 0 Å². The first-order chi connectivity index (χ1) is 10.9. The number of allylic oxidation sites excluding steroid dienone is 1. The second-order valence-corrected chi connectivity index (χ2v) is 5.35. The monoisotopic (exact) mass is 285 g/mol. The van der Waals surface area contributed by atoms with Crippen LogP contribution >= 0.6 is 0 Å². The molecule has 22 heavy (non-hydrogen) atoms. The summed E-state index contributed by atoms with van der Waals surface area (Å²) in [6, 6.07) is 14.9. The Kier molecular flexibility index (Phi) is 3.20. The summed E-state index contributed by atoms with van der Waals surface area (Å²) in [5.74, 6) is 0. The van der Waals surface area contributed by atoms with Gasteiger partial charge in [-0.25, -0.2) is 0 Å². The highest BCUT2D eigenvalue weighted by Crippen LogP contribution is 2.27. The van der Waals surface area contributed by atoms with Gasteiger partial charge in [-0.3, -0.25) is 4.98 Å². The van der Waals surface area contributed by atoms with Gasteiger partial charge < -0.3 is 4.42 Å². The molecule has 2 aromatic carbocycles. The summed E-state index contributed by atoms with van der Waals surface area (Å²) < 4.78 is 4.92. The van der Waals surface area contributed by atoms with Crippen molar-refractivity contribution >= 4 is 27.6 Å². The Hall–Kier alpha value is -2.87. The van der Waals surface area contributed by atoms with E-state index in [9.17, 15) is 0 Å². The lowest BCUT2D eigenvalue weighted by molar-refractivity contribution is 0.572. The van der Waals surface area contributed by atoms with Gasteiger partial charge in [-0.05, 0) is 34.4 Å². The van der Waals surface area contributed by atoms with Gasteiger partial charge in [-0.2, -0.15) is 0 Å². The van der Waals surface area contributed by atoms with Gasteiger partial charge in [-0.15, -0.1) is 0 Å². The summed E-state index contributed by atoms with van der Waals surface area (Å²) in [6.07, 6.45) is 12.4. The van der Waals surface area contributed by atoms with E-state index in [0.717, 1.165) is 17.2 Å². The molecule has 5 rings (SSSR count). The molecule has 0 N–H and O–H groups in total. The number of furan rings is 1. The third kappa shape index (κ3) is 2.29. The lowest BCUT2D eigenvalue weighted by atomic mass is 9.93. The Labute approximate surface area is 128 Å². The van der Waals surface area contributed by atoms with E-state index < -0.39 is 0 Å². The van der Waals surface area contributed by atoms with Gasteiger partial charge in [0.25, 0.3) is 0 Å². The molecule has 0 amide bonds. The van der Waals surface area contributed by atoms with Crippen molar-refractivity contribution in [2.24, 2.45) is 0 Å². The first-order valence-electron chi connectivity index (χ1n) is 7.35. The predicted molar refractivity (Wildman–Crippen MR) is 90.7 cm³/mol. The summed E-state index contributed by atoms with van der Waals surface area (Å²) in [5.41, 5.74) is 2.81. The van der Waals surface area contributed by atoms with E-state index in [4.69, 9.17) is 4.42 Å². The Balaban J connectivity index is 0.000000122. The van der Waals surface area contributed by atoms with Crippen LogP contribution in [-0.4, -0.2) is 4.98 Å². The standard InChI is InChI=1S/C13H10.C7H5NO/c1-4-10-6-2-8-12-9-3-7-11(5-1)13(10)12;1-2-8-3-7-5-9-4-6(1)7/h1-8H,9H2;1-5H. The molecule has 0 fully saturated rings. The topological polar surface area (TPSA) is 26.0 Å². The molecular formula is C20H15NO. The maximum Gasteiger partial charge on any atom is 0.0996 e. The average molecular weight is 285 g/mol. The highest BCUT2D eigenvalue weighted by Gasteiger charge is 2.06. The van der Waals surface area contributed by atoms with Crippen LogP contribution in [0.4, 0.5) is 0 Å². The number of hydrogen-bond acceptors (Lipinski definition) is 2. The van der Waals surface area contributed by atoms with Gasteiger partial charge in [0.15, 0.2) is 0 Å². The van der Waals surface area contributed by atoms with E-state index >= 15 is 0 Å². The average Bonchev–Trinajstić information content (AvgIpc) is 3.05. The third-order valence-corrected chi connectivity index (χ3v) is 3.94. The minimum absolute atomic E-state index is 1.05. The van der Waals surface area contributed by atoms with Crippen molar-refractivity contribution in [3.05, 3.63) is 84.6 Å². The minimum Gasteiger partial charge on any atom is -0.471 e. The zero-order chi connectivity index (χ0) is 14.8. The highest BCUT2D eigenvalue weighted by atomic mass is 16.3. The molecule has 0 radical (unpaired) electrons. The zero-order valence-electron chi connectivity index (χ0n) is 12.1. The molecule has 0 bridgehead atoms. The molecule has 2 aromatic heterocycles. The smallest absolute Gasteiger partial charge is 0.0996 e. The van der Waals surface area contributed by atoms with Gasteiger partial charge in [-0.1, -0.05) is 48.6 Å². The number of nitrogens with zero attached hydrogens (tertiary/aromatic N) is 1. The summed E-state index contributed by atoms with van der Waals surface area (Å²) in [7, 11) is 0. The molecule has 2 heterocycles. The van der Waals surface area contributed by atoms with Gasteiger partial charge in [0.2, 0.25) is 0 Å². The highest BCUT2D eigenvalue weighted by molar-refractivity contribution is 5.94. The van der Waals surface area contributed by atoms with Crippen LogP contribution in [0.25, 0.3) is 27.6 Å². The molecule has 106 valence electrons. The van der Waals surface area contributed by atoms with Crippen LogP contribution in [0, 0.1) is 0 Å². The maximum absolute atomic E-state index is 4.92. The largest absolute Gasteiger partial charge is 0.471 e. The van der Waals surface area contributed by atoms with Gasteiger partial charge >= 0.3 is 0 Å². The van der Waals surface area contributed by atoms with Crippen molar-refractivity contribution in [1.29, 1.82) is 0 Å². The lowest BCUT2D eigenvalue weighted by Crippen LogP contribution is -1.91. The Morgan fingerprint density at radius 3 is 2.64 bits per heavy atom. The number of fused-ring (bicyclic) bond motifs is 1. The Morgan fingerprint density at radius 2 is 1.73 bits per heavy atom. The van der Waals surface area contributed by atoms with Crippen LogP contribution in [0.5, 0.6) is 0 Å². The summed E-state index contributed by atoms with van der Waals surface area (Å²) >= 11 is 0. The first-order valence-corrected chi connectivity index (χ1v) is 7.35. The Bertz CT molecular complexity index is 930. The van der Waals surface area contributed by atoms with Crippen molar-refractivity contribution in [1.82, 2.24) is 4.98 Å². The minimum atomic E-state index is 1.05. The molecule has 0 atom stereocenters. The lowest BCUT2D eigenvalue weighted by Gasteiger charge is -2.11. The SMILES string of the molecule is C1=Cc2cccc3cccc(c23)C1.c1cc2cocc2cn1. The fourth-order valence-electron chi connectivity index (χ4n) is 2.88. The van der Waals surface area contributed by atoms with Crippen LogP contribution in [-0.2, 0) is 6.42 Å². The number of aromatic nitrogens is 1. The van der Waals surface area contributed by atoms with Crippen LogP contribution in [0.1, 0.15) is 11.1 Å². The molecule has 2 heteroatoms. The number of rotatable bonds is 0. The van der Waals surface area contributed by atoms with Crippen LogP contribution in [0.15, 0.2) is 77.9 Å². The molecule has 0 saturated heterocycles.